The Morgan fingerprint density at radius 2 is 2.19 bits per heavy atom. The van der Waals surface area contributed by atoms with Gasteiger partial charge in [0.25, 0.3) is 5.91 Å². The molecule has 0 aromatic heterocycles. The molecule has 0 aliphatic carbocycles. The maximum Gasteiger partial charge on any atom is 0.261 e. The first kappa shape index (κ1) is 15.7. The molecule has 1 atom stereocenters. The summed E-state index contributed by atoms with van der Waals surface area (Å²) in [5.41, 5.74) is 0.654. The van der Waals surface area contributed by atoms with E-state index in [0.29, 0.717) is 12.0 Å². The average molecular weight is 316 g/mol. The number of hydrogen-bond acceptors (Lipinski definition) is 4. The second kappa shape index (κ2) is 6.40. The van der Waals surface area contributed by atoms with Gasteiger partial charge in [0.1, 0.15) is 0 Å². The van der Waals surface area contributed by atoms with Gasteiger partial charge in [-0.15, -0.1) is 0 Å². The molecule has 0 saturated heterocycles. The molecule has 0 spiro atoms. The normalized spacial score (nSPS) is 17.1. The number of rotatable bonds is 6. The van der Waals surface area contributed by atoms with Crippen LogP contribution in [0.4, 0.5) is 4.39 Å². The molecule has 2 rings (SSSR count). The molecular formula is C13H17FN2O4S. The topological polar surface area (TPSA) is 84.5 Å². The van der Waals surface area contributed by atoms with Crippen LogP contribution in [0.25, 0.3) is 0 Å². The SMILES string of the molecule is CCS(=O)(=O)NCCNC(=O)[C@H]1Cc2cccc(F)c2O1. The van der Waals surface area contributed by atoms with Crippen molar-refractivity contribution in [2.45, 2.75) is 19.4 Å². The summed E-state index contributed by atoms with van der Waals surface area (Å²) in [6, 6.07) is 4.55. The number of amides is 1. The van der Waals surface area contributed by atoms with Crippen LogP contribution in [-0.2, 0) is 21.2 Å². The van der Waals surface area contributed by atoms with E-state index in [2.05, 4.69) is 10.0 Å². The van der Waals surface area contributed by atoms with Crippen LogP contribution in [0.5, 0.6) is 5.75 Å². The van der Waals surface area contributed by atoms with Gasteiger partial charge in [-0.1, -0.05) is 12.1 Å². The van der Waals surface area contributed by atoms with Gasteiger partial charge in [0, 0.05) is 25.1 Å². The third kappa shape index (κ3) is 3.92. The highest BCUT2D eigenvalue weighted by Crippen LogP contribution is 2.31. The predicted molar refractivity (Wildman–Crippen MR) is 75.0 cm³/mol. The lowest BCUT2D eigenvalue weighted by Gasteiger charge is -2.11. The fraction of sp³-hybridized carbons (Fsp3) is 0.462. The first-order valence-corrected chi connectivity index (χ1v) is 8.27. The molecule has 116 valence electrons. The molecule has 0 bridgehead atoms. The van der Waals surface area contributed by atoms with Crippen LogP contribution in [0.2, 0.25) is 0 Å². The van der Waals surface area contributed by atoms with Crippen LogP contribution in [-0.4, -0.2) is 39.3 Å². The average Bonchev–Trinajstić information content (AvgIpc) is 2.89. The predicted octanol–water partition coefficient (Wildman–Crippen LogP) is 0.185. The van der Waals surface area contributed by atoms with Gasteiger partial charge in [-0.25, -0.2) is 17.5 Å². The summed E-state index contributed by atoms with van der Waals surface area (Å²) < 4.78 is 43.5. The number of nitrogens with one attached hydrogen (secondary N) is 2. The Balaban J connectivity index is 1.80. The molecule has 1 aliphatic heterocycles. The van der Waals surface area contributed by atoms with Crippen molar-refractivity contribution in [3.63, 3.8) is 0 Å². The lowest BCUT2D eigenvalue weighted by Crippen LogP contribution is -2.41. The van der Waals surface area contributed by atoms with Crippen molar-refractivity contribution < 1.29 is 22.3 Å². The van der Waals surface area contributed by atoms with E-state index >= 15 is 0 Å². The number of para-hydroxylation sites is 1. The highest BCUT2D eigenvalue weighted by Gasteiger charge is 2.30. The lowest BCUT2D eigenvalue weighted by atomic mass is 10.1. The summed E-state index contributed by atoms with van der Waals surface area (Å²) in [7, 11) is -3.27. The molecule has 1 aromatic rings. The zero-order valence-electron chi connectivity index (χ0n) is 11.6. The number of fused-ring (bicyclic) bond motifs is 1. The second-order valence-electron chi connectivity index (χ2n) is 4.63. The number of benzene rings is 1. The van der Waals surface area contributed by atoms with Crippen molar-refractivity contribution in [2.24, 2.45) is 0 Å². The fourth-order valence-electron chi connectivity index (χ4n) is 1.98. The Morgan fingerprint density at radius 3 is 2.86 bits per heavy atom. The maximum absolute atomic E-state index is 13.5. The number of ether oxygens (including phenoxy) is 1. The van der Waals surface area contributed by atoms with Crippen LogP contribution in [0.15, 0.2) is 18.2 Å². The zero-order valence-corrected chi connectivity index (χ0v) is 12.4. The van der Waals surface area contributed by atoms with Crippen molar-refractivity contribution in [3.8, 4) is 5.75 Å². The van der Waals surface area contributed by atoms with E-state index in [9.17, 15) is 17.6 Å². The molecule has 1 amide bonds. The summed E-state index contributed by atoms with van der Waals surface area (Å²) in [6.45, 7) is 1.78. The van der Waals surface area contributed by atoms with Gasteiger partial charge in [-0.2, -0.15) is 0 Å². The molecule has 1 aliphatic rings. The molecule has 0 unspecified atom stereocenters. The summed E-state index contributed by atoms with van der Waals surface area (Å²) in [4.78, 5) is 11.9. The van der Waals surface area contributed by atoms with E-state index in [4.69, 9.17) is 4.74 Å². The van der Waals surface area contributed by atoms with E-state index in [1.54, 1.807) is 12.1 Å². The maximum atomic E-state index is 13.5. The van der Waals surface area contributed by atoms with Crippen molar-refractivity contribution in [1.29, 1.82) is 0 Å². The minimum absolute atomic E-state index is 0.0126. The van der Waals surface area contributed by atoms with Crippen LogP contribution in [0.3, 0.4) is 0 Å². The van der Waals surface area contributed by atoms with Gasteiger partial charge in [0.2, 0.25) is 10.0 Å². The van der Waals surface area contributed by atoms with E-state index < -0.39 is 21.9 Å². The van der Waals surface area contributed by atoms with E-state index in [0.717, 1.165) is 0 Å². The first-order valence-electron chi connectivity index (χ1n) is 6.62. The van der Waals surface area contributed by atoms with Gasteiger partial charge in [0.15, 0.2) is 17.7 Å². The standard InChI is InChI=1S/C13H17FN2O4S/c1-2-21(18,19)16-7-6-15-13(17)11-8-9-4-3-5-10(14)12(9)20-11/h3-5,11,16H,2,6-8H2,1H3,(H,15,17)/t11-/m1/s1. The quantitative estimate of drug-likeness (QED) is 0.734. The number of sulfonamides is 1. The van der Waals surface area contributed by atoms with E-state index in [-0.39, 0.29) is 30.5 Å². The van der Waals surface area contributed by atoms with Crippen LogP contribution in [0.1, 0.15) is 12.5 Å². The Kier molecular flexibility index (Phi) is 4.79. The molecule has 2 N–H and O–H groups in total. The number of hydrogen-bond donors (Lipinski definition) is 2. The van der Waals surface area contributed by atoms with Crippen molar-refractivity contribution in [1.82, 2.24) is 10.0 Å². The van der Waals surface area contributed by atoms with E-state index in [1.165, 1.54) is 13.0 Å². The summed E-state index contributed by atoms with van der Waals surface area (Å²) in [5.74, 6) is -0.773. The van der Waals surface area contributed by atoms with Gasteiger partial charge in [-0.3, -0.25) is 4.79 Å². The Morgan fingerprint density at radius 1 is 1.43 bits per heavy atom. The smallest absolute Gasteiger partial charge is 0.261 e. The Labute approximate surface area is 122 Å². The van der Waals surface area contributed by atoms with Gasteiger partial charge >= 0.3 is 0 Å². The molecule has 0 radical (unpaired) electrons. The minimum atomic E-state index is -3.27. The third-order valence-corrected chi connectivity index (χ3v) is 4.54. The molecule has 0 fully saturated rings. The molecule has 0 saturated carbocycles. The highest BCUT2D eigenvalue weighted by molar-refractivity contribution is 7.89. The van der Waals surface area contributed by atoms with Crippen molar-refractivity contribution >= 4 is 15.9 Å². The highest BCUT2D eigenvalue weighted by atomic mass is 32.2. The van der Waals surface area contributed by atoms with Gasteiger partial charge < -0.3 is 10.1 Å². The van der Waals surface area contributed by atoms with Gasteiger partial charge in [-0.05, 0) is 13.0 Å². The summed E-state index contributed by atoms with van der Waals surface area (Å²) >= 11 is 0. The van der Waals surface area contributed by atoms with Crippen molar-refractivity contribution in [2.75, 3.05) is 18.8 Å². The Bertz CT molecular complexity index is 633. The minimum Gasteiger partial charge on any atom is -0.477 e. The third-order valence-electron chi connectivity index (χ3n) is 3.13. The second-order valence-corrected chi connectivity index (χ2v) is 6.72. The van der Waals surface area contributed by atoms with Crippen LogP contribution in [0, 0.1) is 5.82 Å². The van der Waals surface area contributed by atoms with Crippen molar-refractivity contribution in [3.05, 3.63) is 29.6 Å². The Hall–Kier alpha value is -1.67. The molecular weight excluding hydrogens is 299 g/mol. The van der Waals surface area contributed by atoms with E-state index in [1.807, 2.05) is 0 Å². The largest absolute Gasteiger partial charge is 0.477 e. The first-order chi connectivity index (χ1) is 9.93. The fourth-order valence-corrected chi connectivity index (χ4v) is 2.60. The molecule has 1 aromatic carbocycles. The summed E-state index contributed by atoms with van der Waals surface area (Å²) in [6.07, 6.45) is -0.473. The van der Waals surface area contributed by atoms with Crippen LogP contribution < -0.4 is 14.8 Å². The molecule has 21 heavy (non-hydrogen) atoms. The zero-order chi connectivity index (χ0) is 15.5. The lowest BCUT2D eigenvalue weighted by molar-refractivity contribution is -0.127. The number of halogens is 1. The molecule has 6 nitrogen and oxygen atoms in total. The number of carbonyl (C=O) groups is 1. The van der Waals surface area contributed by atoms with Gasteiger partial charge in [0.05, 0.1) is 5.75 Å². The number of carbonyl (C=O) groups excluding carboxylic acids is 1. The van der Waals surface area contributed by atoms with Crippen LogP contribution >= 0.6 is 0 Å². The monoisotopic (exact) mass is 316 g/mol. The molecule has 8 heteroatoms. The molecule has 1 heterocycles. The summed E-state index contributed by atoms with van der Waals surface area (Å²) in [5, 5.41) is 2.56.